The van der Waals surface area contributed by atoms with Crippen LogP contribution in [0.15, 0.2) is 47.6 Å². The summed E-state index contributed by atoms with van der Waals surface area (Å²) in [7, 11) is 0. The molecule has 1 aromatic carbocycles. The Morgan fingerprint density at radius 1 is 1.25 bits per heavy atom. The van der Waals surface area contributed by atoms with Gasteiger partial charge in [0.2, 0.25) is 0 Å². The maximum absolute atomic E-state index is 13.7. The van der Waals surface area contributed by atoms with Crippen LogP contribution in [-0.4, -0.2) is 35.2 Å². The molecule has 1 heterocycles. The minimum atomic E-state index is -0.740. The Balaban J connectivity index is 0.00000392. The number of benzene rings is 1. The second-order valence-electron chi connectivity index (χ2n) is 6.26. The molecular formula is C20H28FIN4O2. The minimum Gasteiger partial charge on any atom is -0.491 e. The van der Waals surface area contributed by atoms with E-state index in [0.29, 0.717) is 18.3 Å². The molecule has 2 rings (SSSR count). The molecule has 0 saturated carbocycles. The Kier molecular flexibility index (Phi) is 10.8. The van der Waals surface area contributed by atoms with Crippen molar-refractivity contribution in [3.05, 3.63) is 59.7 Å². The van der Waals surface area contributed by atoms with Crippen molar-refractivity contribution in [1.82, 2.24) is 15.6 Å². The molecule has 0 amide bonds. The zero-order valence-corrected chi connectivity index (χ0v) is 18.7. The van der Waals surface area contributed by atoms with Gasteiger partial charge in [-0.25, -0.2) is 9.38 Å². The highest BCUT2D eigenvalue weighted by atomic mass is 127. The lowest BCUT2D eigenvalue weighted by Crippen LogP contribution is -2.39. The molecule has 0 bridgehead atoms. The van der Waals surface area contributed by atoms with Gasteiger partial charge in [-0.1, -0.05) is 12.1 Å². The van der Waals surface area contributed by atoms with Gasteiger partial charge in [-0.05, 0) is 50.6 Å². The fourth-order valence-electron chi connectivity index (χ4n) is 2.41. The van der Waals surface area contributed by atoms with Crippen molar-refractivity contribution < 1.29 is 14.2 Å². The van der Waals surface area contributed by atoms with Gasteiger partial charge in [-0.2, -0.15) is 0 Å². The number of aromatic nitrogens is 1. The number of aliphatic hydroxyl groups excluding tert-OH is 1. The molecule has 154 valence electrons. The SMILES string of the molecule is CCNC(=NCc1ncccc1F)NCC(O)c1cccc(OC(C)C)c1.I. The lowest BCUT2D eigenvalue weighted by atomic mass is 10.1. The second-order valence-corrected chi connectivity index (χ2v) is 6.26. The van der Waals surface area contributed by atoms with Crippen LogP contribution in [0.4, 0.5) is 4.39 Å². The highest BCUT2D eigenvalue weighted by molar-refractivity contribution is 14.0. The van der Waals surface area contributed by atoms with Gasteiger partial charge in [0.15, 0.2) is 5.96 Å². The Morgan fingerprint density at radius 3 is 2.71 bits per heavy atom. The van der Waals surface area contributed by atoms with Gasteiger partial charge in [0.1, 0.15) is 11.6 Å². The van der Waals surface area contributed by atoms with Crippen molar-refractivity contribution in [2.45, 2.75) is 39.5 Å². The molecule has 0 spiro atoms. The largest absolute Gasteiger partial charge is 0.491 e. The fraction of sp³-hybridized carbons (Fsp3) is 0.400. The van der Waals surface area contributed by atoms with Crippen LogP contribution in [0.3, 0.4) is 0 Å². The van der Waals surface area contributed by atoms with Crippen molar-refractivity contribution in [2.24, 2.45) is 4.99 Å². The molecule has 0 radical (unpaired) electrons. The van der Waals surface area contributed by atoms with E-state index < -0.39 is 6.10 Å². The van der Waals surface area contributed by atoms with Crippen molar-refractivity contribution in [3.63, 3.8) is 0 Å². The summed E-state index contributed by atoms with van der Waals surface area (Å²) in [4.78, 5) is 8.31. The number of hydrogen-bond donors (Lipinski definition) is 3. The molecule has 1 aromatic heterocycles. The van der Waals surface area contributed by atoms with E-state index in [2.05, 4.69) is 20.6 Å². The lowest BCUT2D eigenvalue weighted by molar-refractivity contribution is 0.179. The smallest absolute Gasteiger partial charge is 0.191 e. The first-order chi connectivity index (χ1) is 13.0. The van der Waals surface area contributed by atoms with Gasteiger partial charge in [0.05, 0.1) is 24.4 Å². The number of guanidine groups is 1. The number of aliphatic imine (C=N–C) groups is 1. The zero-order valence-electron chi connectivity index (χ0n) is 16.4. The van der Waals surface area contributed by atoms with Gasteiger partial charge >= 0.3 is 0 Å². The molecule has 28 heavy (non-hydrogen) atoms. The summed E-state index contributed by atoms with van der Waals surface area (Å²) in [5, 5.41) is 16.6. The van der Waals surface area contributed by atoms with Crippen molar-refractivity contribution in [3.8, 4) is 5.75 Å². The van der Waals surface area contributed by atoms with Crippen molar-refractivity contribution in [1.29, 1.82) is 0 Å². The number of aliphatic hydroxyl groups is 1. The number of nitrogens with zero attached hydrogens (tertiary/aromatic N) is 2. The van der Waals surface area contributed by atoms with Crippen LogP contribution < -0.4 is 15.4 Å². The van der Waals surface area contributed by atoms with E-state index in [9.17, 15) is 9.50 Å². The lowest BCUT2D eigenvalue weighted by Gasteiger charge is -2.17. The van der Waals surface area contributed by atoms with E-state index in [-0.39, 0.29) is 54.7 Å². The molecule has 0 saturated heterocycles. The zero-order chi connectivity index (χ0) is 19.6. The predicted molar refractivity (Wildman–Crippen MR) is 120 cm³/mol. The van der Waals surface area contributed by atoms with Gasteiger partial charge in [-0.15, -0.1) is 24.0 Å². The Bertz CT molecular complexity index is 758. The standard InChI is InChI=1S/C20H27FN4O2.HI/c1-4-22-20(24-12-18-17(21)9-6-10-23-18)25-13-19(26)15-7-5-8-16(11-15)27-14(2)3;/h5-11,14,19,26H,4,12-13H2,1-3H3,(H2,22,24,25);1H. The van der Waals surface area contributed by atoms with E-state index in [1.807, 2.05) is 45.0 Å². The Labute approximate surface area is 182 Å². The summed E-state index contributed by atoms with van der Waals surface area (Å²) >= 11 is 0. The highest BCUT2D eigenvalue weighted by Gasteiger charge is 2.10. The molecule has 1 atom stereocenters. The molecule has 8 heteroatoms. The van der Waals surface area contributed by atoms with Crippen LogP contribution in [0.1, 0.15) is 38.1 Å². The topological polar surface area (TPSA) is 78.8 Å². The van der Waals surface area contributed by atoms with Crippen LogP contribution in [0.5, 0.6) is 5.75 Å². The van der Waals surface area contributed by atoms with E-state index in [0.717, 1.165) is 5.56 Å². The van der Waals surface area contributed by atoms with Crippen LogP contribution in [-0.2, 0) is 6.54 Å². The van der Waals surface area contributed by atoms with Crippen LogP contribution in [0.25, 0.3) is 0 Å². The quantitative estimate of drug-likeness (QED) is 0.293. The third-order valence-electron chi connectivity index (χ3n) is 3.64. The van der Waals surface area contributed by atoms with Crippen molar-refractivity contribution in [2.75, 3.05) is 13.1 Å². The molecule has 6 nitrogen and oxygen atoms in total. The molecule has 0 fully saturated rings. The second kappa shape index (κ2) is 12.5. The molecular weight excluding hydrogens is 474 g/mol. The Morgan fingerprint density at radius 2 is 2.04 bits per heavy atom. The van der Waals surface area contributed by atoms with Gasteiger partial charge in [0, 0.05) is 19.3 Å². The number of rotatable bonds is 8. The van der Waals surface area contributed by atoms with E-state index in [1.165, 1.54) is 12.3 Å². The first-order valence-electron chi connectivity index (χ1n) is 9.05. The molecule has 2 aromatic rings. The highest BCUT2D eigenvalue weighted by Crippen LogP contribution is 2.19. The number of nitrogens with one attached hydrogen (secondary N) is 2. The molecule has 1 unspecified atom stereocenters. The number of hydrogen-bond acceptors (Lipinski definition) is 4. The van der Waals surface area contributed by atoms with E-state index in [4.69, 9.17) is 4.74 Å². The Hall–Kier alpha value is -1.94. The summed E-state index contributed by atoms with van der Waals surface area (Å²) in [6.07, 6.45) is 0.857. The molecule has 0 aliphatic carbocycles. The molecule has 0 aliphatic rings. The number of halogens is 2. The third kappa shape index (κ3) is 7.97. The average molecular weight is 502 g/mol. The number of pyridine rings is 1. The fourth-order valence-corrected chi connectivity index (χ4v) is 2.41. The van der Waals surface area contributed by atoms with Gasteiger partial charge in [0.25, 0.3) is 0 Å². The van der Waals surface area contributed by atoms with Gasteiger partial charge in [-0.3, -0.25) is 4.98 Å². The summed E-state index contributed by atoms with van der Waals surface area (Å²) in [5.41, 5.74) is 1.01. The average Bonchev–Trinajstić information content (AvgIpc) is 2.64. The normalized spacial score (nSPS) is 12.3. The van der Waals surface area contributed by atoms with Crippen LogP contribution >= 0.6 is 24.0 Å². The van der Waals surface area contributed by atoms with Gasteiger partial charge < -0.3 is 20.5 Å². The number of ether oxygens (including phenoxy) is 1. The maximum atomic E-state index is 13.7. The van der Waals surface area contributed by atoms with E-state index >= 15 is 0 Å². The predicted octanol–water partition coefficient (Wildman–Crippen LogP) is 3.41. The summed E-state index contributed by atoms with van der Waals surface area (Å²) in [6, 6.07) is 10.3. The maximum Gasteiger partial charge on any atom is 0.191 e. The molecule has 3 N–H and O–H groups in total. The van der Waals surface area contributed by atoms with Crippen molar-refractivity contribution >= 4 is 29.9 Å². The van der Waals surface area contributed by atoms with Crippen LogP contribution in [0, 0.1) is 5.82 Å². The first-order valence-corrected chi connectivity index (χ1v) is 9.05. The van der Waals surface area contributed by atoms with Crippen LogP contribution in [0.2, 0.25) is 0 Å². The monoisotopic (exact) mass is 502 g/mol. The molecule has 0 aliphatic heterocycles. The van der Waals surface area contributed by atoms with E-state index in [1.54, 1.807) is 6.07 Å². The first kappa shape index (κ1) is 24.1. The summed E-state index contributed by atoms with van der Waals surface area (Å²) in [6.45, 7) is 6.84. The third-order valence-corrected chi connectivity index (χ3v) is 3.64. The summed E-state index contributed by atoms with van der Waals surface area (Å²) < 4.78 is 19.3. The summed E-state index contributed by atoms with van der Waals surface area (Å²) in [5.74, 6) is 0.808. The minimum absolute atomic E-state index is 0.